The Labute approximate surface area is 130 Å². The Balaban J connectivity index is 2.14. The lowest BCUT2D eigenvalue weighted by Gasteiger charge is -2.19. The van der Waals surface area contributed by atoms with Gasteiger partial charge in [0.1, 0.15) is 17.8 Å². The molecular formula is C11H14ClN2O7P. The number of alkyl halides is 1. The summed E-state index contributed by atoms with van der Waals surface area (Å²) in [5.41, 5.74) is 5.39. The Morgan fingerprint density at radius 3 is 2.91 bits per heavy atom. The maximum absolute atomic E-state index is 11.2. The summed E-state index contributed by atoms with van der Waals surface area (Å²) in [6, 6.07) is 3.04. The molecule has 1 aliphatic rings. The quantitative estimate of drug-likeness (QED) is 0.329. The molecule has 2 rings (SSSR count). The van der Waals surface area contributed by atoms with Gasteiger partial charge in [-0.3, -0.25) is 9.36 Å². The van der Waals surface area contributed by atoms with Crippen LogP contribution in [0.3, 0.4) is 0 Å². The van der Waals surface area contributed by atoms with E-state index in [-0.39, 0.29) is 5.56 Å². The van der Waals surface area contributed by atoms with Crippen molar-refractivity contribution in [3.63, 3.8) is 0 Å². The summed E-state index contributed by atoms with van der Waals surface area (Å²) in [5, 5.41) is 9.02. The van der Waals surface area contributed by atoms with Crippen LogP contribution < -0.4 is 15.2 Å². The van der Waals surface area contributed by atoms with Crippen LogP contribution >= 0.6 is 19.4 Å². The van der Waals surface area contributed by atoms with Crippen molar-refractivity contribution >= 4 is 25.3 Å². The van der Waals surface area contributed by atoms with Gasteiger partial charge in [-0.1, -0.05) is 0 Å². The number of aliphatic hydroxyl groups excluding tert-OH is 1. The fourth-order valence-electron chi connectivity index (χ4n) is 2.05. The third-order valence-electron chi connectivity index (χ3n) is 3.10. The van der Waals surface area contributed by atoms with Crippen molar-refractivity contribution in [1.29, 1.82) is 0 Å². The number of hydrogen-bond donors (Lipinski definition) is 3. The van der Waals surface area contributed by atoms with E-state index in [4.69, 9.17) is 27.0 Å². The normalized spacial score (nSPS) is 30.9. The molecule has 0 saturated carbocycles. The maximum Gasteiger partial charge on any atom is 0.282 e. The van der Waals surface area contributed by atoms with Crippen LogP contribution in [0.5, 0.6) is 0 Å². The first-order chi connectivity index (χ1) is 10.2. The molecule has 122 valence electrons. The largest absolute Gasteiger partial charge is 0.756 e. The number of pyridine rings is 1. The number of halogens is 1. The van der Waals surface area contributed by atoms with Gasteiger partial charge >= 0.3 is 0 Å². The minimum Gasteiger partial charge on any atom is -0.756 e. The van der Waals surface area contributed by atoms with Gasteiger partial charge in [-0.25, -0.2) is 0 Å². The lowest BCUT2D eigenvalue weighted by molar-refractivity contribution is -0.758. The van der Waals surface area contributed by atoms with Crippen molar-refractivity contribution in [2.75, 3.05) is 6.61 Å². The topological polar surface area (TPSA) is 146 Å². The van der Waals surface area contributed by atoms with Crippen LogP contribution in [-0.2, 0) is 13.8 Å². The summed E-state index contributed by atoms with van der Waals surface area (Å²) in [5.74, 6) is -0.647. The van der Waals surface area contributed by atoms with E-state index in [0.29, 0.717) is 0 Å². The molecule has 0 radical (unpaired) electrons. The molecule has 0 aromatic carbocycles. The van der Waals surface area contributed by atoms with E-state index in [2.05, 4.69) is 4.52 Å². The predicted molar refractivity (Wildman–Crippen MR) is 70.5 cm³/mol. The van der Waals surface area contributed by atoms with Gasteiger partial charge in [-0.2, -0.15) is 4.57 Å². The molecule has 5 atom stereocenters. The van der Waals surface area contributed by atoms with E-state index in [0.717, 1.165) is 0 Å². The molecule has 0 bridgehead atoms. The van der Waals surface area contributed by atoms with Crippen LogP contribution in [0.4, 0.5) is 0 Å². The van der Waals surface area contributed by atoms with Crippen molar-refractivity contribution in [2.45, 2.75) is 23.8 Å². The third-order valence-corrected chi connectivity index (χ3v) is 4.05. The van der Waals surface area contributed by atoms with E-state index in [1.54, 1.807) is 12.3 Å². The second-order valence-corrected chi connectivity index (χ2v) is 6.37. The molecule has 1 aromatic heterocycles. The van der Waals surface area contributed by atoms with Gasteiger partial charge in [0.25, 0.3) is 20.0 Å². The molecule has 1 aliphatic heterocycles. The third kappa shape index (κ3) is 4.02. The average Bonchev–Trinajstić information content (AvgIpc) is 2.72. The number of aromatic nitrogens is 1. The summed E-state index contributed by atoms with van der Waals surface area (Å²) in [7, 11) is -4.93. The summed E-state index contributed by atoms with van der Waals surface area (Å²) in [6.45, 7) is -0.589. The first-order valence-electron chi connectivity index (χ1n) is 6.15. The highest BCUT2D eigenvalue weighted by molar-refractivity contribution is 7.44. The second kappa shape index (κ2) is 6.59. The standard InChI is InChI=1S/C11H14ClN2O7P/c12-8-9(15)7(5-20-22(17,18)19)21-11(8)14-3-1-2-6(4-14)10(13)16/h1-4,7-9,11,15H,5H2,(H3-,13,16,17,18,19)/t7-,8+,9-,11-/m1/s1. The molecular weight excluding hydrogens is 339 g/mol. The molecule has 11 heteroatoms. The maximum atomic E-state index is 11.2. The van der Waals surface area contributed by atoms with Crippen molar-refractivity contribution < 1.29 is 38.1 Å². The number of amides is 1. The Hall–Kier alpha value is -1.06. The van der Waals surface area contributed by atoms with Crippen molar-refractivity contribution in [3.05, 3.63) is 30.1 Å². The van der Waals surface area contributed by atoms with E-state index < -0.39 is 44.1 Å². The van der Waals surface area contributed by atoms with E-state index in [9.17, 15) is 19.4 Å². The number of phosphoric ester groups is 1. The molecule has 9 nitrogen and oxygen atoms in total. The fraction of sp³-hybridized carbons (Fsp3) is 0.455. The van der Waals surface area contributed by atoms with Crippen molar-refractivity contribution in [1.82, 2.24) is 0 Å². The van der Waals surface area contributed by atoms with Gasteiger partial charge in [-0.15, -0.1) is 11.6 Å². The molecule has 1 fully saturated rings. The van der Waals surface area contributed by atoms with Crippen LogP contribution in [0.1, 0.15) is 16.6 Å². The minimum absolute atomic E-state index is 0.212. The summed E-state index contributed by atoms with van der Waals surface area (Å²) in [4.78, 5) is 30.3. The highest BCUT2D eigenvalue weighted by atomic mass is 35.5. The lowest BCUT2D eigenvalue weighted by atomic mass is 10.2. The molecule has 1 amide bonds. The molecule has 4 N–H and O–H groups in total. The fourth-order valence-corrected chi connectivity index (χ4v) is 2.73. The smallest absolute Gasteiger partial charge is 0.282 e. The summed E-state index contributed by atoms with van der Waals surface area (Å²) >= 11 is 6.06. The number of nitrogens with two attached hydrogens (primary N) is 1. The van der Waals surface area contributed by atoms with Crippen LogP contribution in [0.25, 0.3) is 0 Å². The van der Waals surface area contributed by atoms with Crippen LogP contribution in [-0.4, -0.2) is 40.1 Å². The zero-order valence-electron chi connectivity index (χ0n) is 11.1. The van der Waals surface area contributed by atoms with Gasteiger partial charge in [0, 0.05) is 6.07 Å². The molecule has 1 aromatic rings. The van der Waals surface area contributed by atoms with E-state index in [1.165, 1.54) is 16.8 Å². The predicted octanol–water partition coefficient (Wildman–Crippen LogP) is -1.58. The lowest BCUT2D eigenvalue weighted by Crippen LogP contribution is -2.44. The minimum atomic E-state index is -4.93. The zero-order valence-corrected chi connectivity index (χ0v) is 12.8. The summed E-state index contributed by atoms with van der Waals surface area (Å²) < 4.78 is 21.7. The second-order valence-electron chi connectivity index (χ2n) is 4.67. The molecule has 0 spiro atoms. The van der Waals surface area contributed by atoms with Gasteiger partial charge in [-0.05, 0) is 6.07 Å². The van der Waals surface area contributed by atoms with Crippen LogP contribution in [0.15, 0.2) is 24.5 Å². The SMILES string of the molecule is NC(=O)c1ccc[n+]([C@@H]2O[C@H](COP(=O)([O-])O)[C@@H](O)[C@@H]2Cl)c1. The Morgan fingerprint density at radius 2 is 2.32 bits per heavy atom. The molecule has 22 heavy (non-hydrogen) atoms. The van der Waals surface area contributed by atoms with E-state index in [1.807, 2.05) is 0 Å². The Bertz CT molecular complexity index is 610. The van der Waals surface area contributed by atoms with E-state index >= 15 is 0 Å². The molecule has 0 aliphatic carbocycles. The summed E-state index contributed by atoms with van der Waals surface area (Å²) in [6.07, 6.45) is -0.223. The number of rotatable bonds is 5. The number of hydrogen-bond acceptors (Lipinski definition) is 6. The number of aliphatic hydroxyl groups is 1. The zero-order chi connectivity index (χ0) is 16.5. The molecule has 1 saturated heterocycles. The number of phosphoric acid groups is 1. The highest BCUT2D eigenvalue weighted by Crippen LogP contribution is 2.35. The van der Waals surface area contributed by atoms with Crippen molar-refractivity contribution in [3.8, 4) is 0 Å². The Morgan fingerprint density at radius 1 is 1.64 bits per heavy atom. The van der Waals surface area contributed by atoms with Crippen LogP contribution in [0.2, 0.25) is 0 Å². The van der Waals surface area contributed by atoms with Gasteiger partial charge in [0.15, 0.2) is 17.8 Å². The molecule has 2 heterocycles. The van der Waals surface area contributed by atoms with Gasteiger partial charge in [0.2, 0.25) is 0 Å². The molecule has 1 unspecified atom stereocenters. The number of primary amides is 1. The monoisotopic (exact) mass is 352 g/mol. The number of carbonyl (C=O) groups excluding carboxylic acids is 1. The number of carbonyl (C=O) groups is 1. The average molecular weight is 353 g/mol. The highest BCUT2D eigenvalue weighted by Gasteiger charge is 2.48. The van der Waals surface area contributed by atoms with Crippen molar-refractivity contribution in [2.24, 2.45) is 5.73 Å². The number of nitrogens with zero attached hydrogens (tertiary/aromatic N) is 1. The first-order valence-corrected chi connectivity index (χ1v) is 8.09. The Kier molecular flexibility index (Phi) is 5.18. The van der Waals surface area contributed by atoms with Gasteiger partial charge < -0.3 is 29.9 Å². The van der Waals surface area contributed by atoms with Gasteiger partial charge in [0.05, 0.1) is 6.61 Å². The van der Waals surface area contributed by atoms with Crippen LogP contribution in [0, 0.1) is 0 Å². The number of ether oxygens (including phenoxy) is 1. The first kappa shape index (κ1) is 17.3.